The molecule has 0 amide bonds. The van der Waals surface area contributed by atoms with Gasteiger partial charge in [0.2, 0.25) is 0 Å². The van der Waals surface area contributed by atoms with Crippen molar-refractivity contribution in [1.82, 2.24) is 4.90 Å². The van der Waals surface area contributed by atoms with E-state index in [0.717, 1.165) is 46.1 Å². The number of hydrogen-bond donors (Lipinski definition) is 0. The summed E-state index contributed by atoms with van der Waals surface area (Å²) in [7, 11) is 0. The topological polar surface area (TPSA) is 21.7 Å². The zero-order valence-electron chi connectivity index (χ0n) is 9.30. The van der Waals surface area contributed by atoms with Gasteiger partial charge in [-0.15, -0.1) is 11.6 Å². The van der Waals surface area contributed by atoms with E-state index in [-0.39, 0.29) is 0 Å². The molecule has 0 aromatic heterocycles. The molecular weight excluding hydrogens is 202 g/mol. The minimum Gasteiger partial charge on any atom is -0.380 e. The van der Waals surface area contributed by atoms with E-state index in [1.54, 1.807) is 0 Å². The van der Waals surface area contributed by atoms with Gasteiger partial charge in [0.1, 0.15) is 0 Å². The fourth-order valence-corrected chi connectivity index (χ4v) is 1.37. The molecule has 0 atom stereocenters. The summed E-state index contributed by atoms with van der Waals surface area (Å²) in [6.45, 7) is 9.90. The van der Waals surface area contributed by atoms with E-state index in [1.165, 1.54) is 0 Å². The maximum Gasteiger partial charge on any atom is 0.0593 e. The quantitative estimate of drug-likeness (QED) is 0.415. The summed E-state index contributed by atoms with van der Waals surface area (Å²) in [6.07, 6.45) is 0. The van der Waals surface area contributed by atoms with Crippen molar-refractivity contribution in [1.29, 1.82) is 0 Å². The van der Waals surface area contributed by atoms with Crippen LogP contribution in [0.25, 0.3) is 0 Å². The normalized spacial score (nSPS) is 11.1. The van der Waals surface area contributed by atoms with Crippen LogP contribution in [0.5, 0.6) is 0 Å². The second kappa shape index (κ2) is 11.2. The molecule has 0 radical (unpaired) electrons. The van der Waals surface area contributed by atoms with Crippen molar-refractivity contribution < 1.29 is 9.47 Å². The Bertz CT molecular complexity index is 104. The molecule has 14 heavy (non-hydrogen) atoms. The third-order valence-corrected chi connectivity index (χ3v) is 2.08. The van der Waals surface area contributed by atoms with Gasteiger partial charge in [-0.1, -0.05) is 0 Å². The van der Waals surface area contributed by atoms with E-state index in [4.69, 9.17) is 21.1 Å². The summed E-state index contributed by atoms with van der Waals surface area (Å²) in [5, 5.41) is 0. The average Bonchev–Trinajstić information content (AvgIpc) is 2.18. The van der Waals surface area contributed by atoms with E-state index in [2.05, 4.69) is 4.90 Å². The molecule has 0 rings (SSSR count). The number of hydrogen-bond acceptors (Lipinski definition) is 3. The van der Waals surface area contributed by atoms with Crippen LogP contribution in [0.2, 0.25) is 0 Å². The monoisotopic (exact) mass is 223 g/mol. The summed E-state index contributed by atoms with van der Waals surface area (Å²) >= 11 is 5.70. The van der Waals surface area contributed by atoms with E-state index >= 15 is 0 Å². The zero-order chi connectivity index (χ0) is 10.6. The molecule has 86 valence electrons. The summed E-state index contributed by atoms with van der Waals surface area (Å²) in [4.78, 5) is 2.26. The first kappa shape index (κ1) is 14.2. The van der Waals surface area contributed by atoms with Crippen LogP contribution >= 0.6 is 11.6 Å². The molecule has 0 aliphatic carbocycles. The van der Waals surface area contributed by atoms with E-state index in [9.17, 15) is 0 Å². The third-order valence-electron chi connectivity index (χ3n) is 1.91. The molecule has 0 aromatic rings. The summed E-state index contributed by atoms with van der Waals surface area (Å²) in [5.74, 6) is 0.665. The Kier molecular flexibility index (Phi) is 11.4. The van der Waals surface area contributed by atoms with Crippen LogP contribution in [-0.4, -0.2) is 56.8 Å². The minimum atomic E-state index is 0.665. The lowest BCUT2D eigenvalue weighted by molar-refractivity contribution is 0.0855. The van der Waals surface area contributed by atoms with Crippen LogP contribution in [0.3, 0.4) is 0 Å². The Morgan fingerprint density at radius 3 is 1.79 bits per heavy atom. The Morgan fingerprint density at radius 1 is 0.929 bits per heavy atom. The lowest BCUT2D eigenvalue weighted by atomic mass is 10.4. The minimum absolute atomic E-state index is 0.665. The second-order valence-electron chi connectivity index (χ2n) is 2.92. The van der Waals surface area contributed by atoms with Gasteiger partial charge in [-0.25, -0.2) is 0 Å². The molecule has 0 unspecified atom stereocenters. The molecule has 0 aromatic carbocycles. The Hall–Kier alpha value is 0.170. The Labute approximate surface area is 92.3 Å². The van der Waals surface area contributed by atoms with Crippen molar-refractivity contribution in [2.45, 2.75) is 13.8 Å². The second-order valence-corrected chi connectivity index (χ2v) is 3.30. The van der Waals surface area contributed by atoms with Crippen LogP contribution in [-0.2, 0) is 9.47 Å². The lowest BCUT2D eigenvalue weighted by Gasteiger charge is -2.20. The highest BCUT2D eigenvalue weighted by atomic mass is 35.5. The first-order chi connectivity index (χ1) is 6.85. The van der Waals surface area contributed by atoms with Crippen LogP contribution < -0.4 is 0 Å². The van der Waals surface area contributed by atoms with E-state index < -0.39 is 0 Å². The highest BCUT2D eigenvalue weighted by Gasteiger charge is 2.03. The molecular formula is C10H22ClNO2. The van der Waals surface area contributed by atoms with E-state index in [0.29, 0.717) is 5.88 Å². The number of nitrogens with zero attached hydrogens (tertiary/aromatic N) is 1. The molecule has 0 saturated heterocycles. The maximum atomic E-state index is 5.70. The van der Waals surface area contributed by atoms with Crippen molar-refractivity contribution in [2.24, 2.45) is 0 Å². The molecule has 0 aliphatic heterocycles. The van der Waals surface area contributed by atoms with Gasteiger partial charge in [-0.2, -0.15) is 0 Å². The molecule has 3 nitrogen and oxygen atoms in total. The van der Waals surface area contributed by atoms with Gasteiger partial charge in [0, 0.05) is 38.7 Å². The first-order valence-electron chi connectivity index (χ1n) is 5.28. The van der Waals surface area contributed by atoms with Crippen molar-refractivity contribution in [3.63, 3.8) is 0 Å². The predicted octanol–water partition coefficient (Wildman–Crippen LogP) is 1.60. The Morgan fingerprint density at radius 2 is 1.43 bits per heavy atom. The molecule has 0 fully saturated rings. The largest absolute Gasteiger partial charge is 0.380 e. The highest BCUT2D eigenvalue weighted by molar-refractivity contribution is 6.18. The number of halogens is 1. The lowest BCUT2D eigenvalue weighted by Crippen LogP contribution is -2.32. The fourth-order valence-electron chi connectivity index (χ4n) is 1.13. The molecule has 0 spiro atoms. The van der Waals surface area contributed by atoms with Gasteiger partial charge in [-0.3, -0.25) is 4.90 Å². The Balaban J connectivity index is 3.44. The number of alkyl halides is 1. The van der Waals surface area contributed by atoms with Crippen LogP contribution in [0.1, 0.15) is 13.8 Å². The molecule has 0 heterocycles. The number of rotatable bonds is 10. The van der Waals surface area contributed by atoms with Gasteiger partial charge < -0.3 is 9.47 Å². The van der Waals surface area contributed by atoms with Crippen molar-refractivity contribution in [2.75, 3.05) is 51.9 Å². The van der Waals surface area contributed by atoms with Crippen LogP contribution in [0, 0.1) is 0 Å². The SMILES string of the molecule is CCOCCN(CCCl)CCOCC. The molecule has 0 saturated carbocycles. The van der Waals surface area contributed by atoms with Gasteiger partial charge in [0.15, 0.2) is 0 Å². The van der Waals surface area contributed by atoms with Gasteiger partial charge in [-0.05, 0) is 13.8 Å². The molecule has 0 N–H and O–H groups in total. The average molecular weight is 224 g/mol. The van der Waals surface area contributed by atoms with Gasteiger partial charge in [0.05, 0.1) is 13.2 Å². The van der Waals surface area contributed by atoms with Crippen LogP contribution in [0.4, 0.5) is 0 Å². The molecule has 4 heteroatoms. The summed E-state index contributed by atoms with van der Waals surface area (Å²) in [5.41, 5.74) is 0. The summed E-state index contributed by atoms with van der Waals surface area (Å²) in [6, 6.07) is 0. The van der Waals surface area contributed by atoms with Gasteiger partial charge >= 0.3 is 0 Å². The van der Waals surface area contributed by atoms with E-state index in [1.807, 2.05) is 13.8 Å². The standard InChI is InChI=1S/C10H22ClNO2/c1-3-13-9-7-12(6-5-11)8-10-14-4-2/h3-10H2,1-2H3. The smallest absolute Gasteiger partial charge is 0.0593 e. The van der Waals surface area contributed by atoms with Crippen molar-refractivity contribution >= 4 is 11.6 Å². The maximum absolute atomic E-state index is 5.70. The first-order valence-corrected chi connectivity index (χ1v) is 5.82. The van der Waals surface area contributed by atoms with Crippen LogP contribution in [0.15, 0.2) is 0 Å². The van der Waals surface area contributed by atoms with Crippen molar-refractivity contribution in [3.8, 4) is 0 Å². The summed E-state index contributed by atoms with van der Waals surface area (Å²) < 4.78 is 10.6. The number of ether oxygens (including phenoxy) is 2. The van der Waals surface area contributed by atoms with Crippen molar-refractivity contribution in [3.05, 3.63) is 0 Å². The fraction of sp³-hybridized carbons (Fsp3) is 1.00. The zero-order valence-corrected chi connectivity index (χ0v) is 10.1. The molecule has 0 bridgehead atoms. The highest BCUT2D eigenvalue weighted by Crippen LogP contribution is 1.91. The third kappa shape index (κ3) is 8.75. The molecule has 0 aliphatic rings. The predicted molar refractivity (Wildman–Crippen MR) is 60.1 cm³/mol. The van der Waals surface area contributed by atoms with Gasteiger partial charge in [0.25, 0.3) is 0 Å².